The van der Waals surface area contributed by atoms with Crippen LogP contribution in [0.4, 0.5) is 0 Å². The number of fused-ring (bicyclic) bond motifs is 1. The molecule has 1 spiro atoms. The Hall–Kier alpha value is -2.56. The van der Waals surface area contributed by atoms with Gasteiger partial charge in [0.05, 0.1) is 22.6 Å². The van der Waals surface area contributed by atoms with Gasteiger partial charge in [0.2, 0.25) is 25.5 Å². The largest absolute Gasteiger partial charge is 0.491 e. The minimum absolute atomic E-state index is 0. The van der Waals surface area contributed by atoms with E-state index in [1.165, 1.54) is 28.7 Å². The maximum absolute atomic E-state index is 13.6. The van der Waals surface area contributed by atoms with Crippen molar-refractivity contribution >= 4 is 43.4 Å². The molecule has 12 nitrogen and oxygen atoms in total. The third-order valence-corrected chi connectivity index (χ3v) is 10.8. The predicted octanol–water partition coefficient (Wildman–Crippen LogP) is 1.43. The second-order valence-corrected chi connectivity index (χ2v) is 14.3. The van der Waals surface area contributed by atoms with Crippen molar-refractivity contribution in [3.05, 3.63) is 65.0 Å². The number of aromatic nitrogens is 1. The van der Waals surface area contributed by atoms with E-state index in [1.54, 1.807) is 22.8 Å². The quantitative estimate of drug-likeness (QED) is 0.292. The summed E-state index contributed by atoms with van der Waals surface area (Å²) in [5.41, 5.74) is -0.268. The number of sulfonamides is 2. The van der Waals surface area contributed by atoms with Crippen molar-refractivity contribution in [3.8, 4) is 5.75 Å². The molecule has 236 valence electrons. The first-order valence-corrected chi connectivity index (χ1v) is 16.8. The number of halogens is 1. The fourth-order valence-electron chi connectivity index (χ4n) is 5.66. The molecule has 0 amide bonds. The number of hydrogen-bond donors (Lipinski definition) is 3. The molecular weight excluding hydrogens is 620 g/mol. The molecular formula is C28H37ClN4O8S2. The van der Waals surface area contributed by atoms with E-state index in [0.29, 0.717) is 43.3 Å². The van der Waals surface area contributed by atoms with Gasteiger partial charge in [-0.15, -0.1) is 12.4 Å². The molecule has 0 aliphatic carbocycles. The molecule has 2 unspecified atom stereocenters. The number of pyridine rings is 1. The van der Waals surface area contributed by atoms with Crippen LogP contribution in [0.3, 0.4) is 0 Å². The number of hydrogen-bond acceptors (Lipinski definition) is 9. The Bertz CT molecular complexity index is 1720. The number of para-hydroxylation sites is 1. The van der Waals surface area contributed by atoms with Crippen LogP contribution < -0.4 is 20.6 Å². The summed E-state index contributed by atoms with van der Waals surface area (Å²) >= 11 is 0. The highest BCUT2D eigenvalue weighted by Crippen LogP contribution is 2.37. The van der Waals surface area contributed by atoms with Crippen molar-refractivity contribution in [2.45, 2.75) is 60.3 Å². The van der Waals surface area contributed by atoms with E-state index in [9.17, 15) is 26.7 Å². The Labute approximate surface area is 257 Å². The standard InChI is InChI=1S/C28H36N4O8S2.ClH/c1-2-31-17-26(27(34)24-8-3-4-9-25(24)31)42(37,38)32-12-10-28(11-13-32)15-20(18-40-28)30-16-21(33)19-39-22-6-5-7-23(14-22)41(29,35)36;/h3-9,14,17,20-21,30,33H,2,10-13,15-16,18-19H2,1H3,(H2,29,35,36);1H. The Morgan fingerprint density at radius 2 is 1.86 bits per heavy atom. The van der Waals surface area contributed by atoms with Crippen LogP contribution in [0.1, 0.15) is 26.2 Å². The summed E-state index contributed by atoms with van der Waals surface area (Å²) in [4.78, 5) is 12.9. The molecule has 1 aromatic heterocycles. The Morgan fingerprint density at radius 3 is 2.56 bits per heavy atom. The van der Waals surface area contributed by atoms with Crippen molar-refractivity contribution in [3.63, 3.8) is 0 Å². The van der Waals surface area contributed by atoms with Crippen molar-refractivity contribution < 1.29 is 31.4 Å². The molecule has 4 N–H and O–H groups in total. The normalized spacial score (nSPS) is 19.7. The van der Waals surface area contributed by atoms with E-state index in [0.717, 1.165) is 0 Å². The third-order valence-electron chi connectivity index (χ3n) is 7.97. The summed E-state index contributed by atoms with van der Waals surface area (Å²) in [6.07, 6.45) is 2.23. The van der Waals surface area contributed by atoms with Crippen LogP contribution in [0.2, 0.25) is 0 Å². The lowest BCUT2D eigenvalue weighted by molar-refractivity contribution is -0.0312. The van der Waals surface area contributed by atoms with Crippen molar-refractivity contribution in [1.29, 1.82) is 0 Å². The highest BCUT2D eigenvalue weighted by Gasteiger charge is 2.45. The highest BCUT2D eigenvalue weighted by atomic mass is 35.5. The molecule has 2 atom stereocenters. The van der Waals surface area contributed by atoms with E-state index in [-0.39, 0.29) is 60.2 Å². The fourth-order valence-corrected chi connectivity index (χ4v) is 7.75. The Kier molecular flexibility index (Phi) is 10.2. The number of primary sulfonamides is 1. The first-order chi connectivity index (χ1) is 19.9. The van der Waals surface area contributed by atoms with Gasteiger partial charge >= 0.3 is 0 Å². The van der Waals surface area contributed by atoms with Crippen molar-refractivity contribution in [2.75, 3.05) is 32.8 Å². The van der Waals surface area contributed by atoms with Crippen LogP contribution in [0.25, 0.3) is 10.9 Å². The van der Waals surface area contributed by atoms with Gasteiger partial charge in [-0.1, -0.05) is 18.2 Å². The van der Waals surface area contributed by atoms with Gasteiger partial charge in [0.1, 0.15) is 23.4 Å². The van der Waals surface area contributed by atoms with Gasteiger partial charge in [0.15, 0.2) is 0 Å². The number of ether oxygens (including phenoxy) is 2. The molecule has 2 aliphatic heterocycles. The summed E-state index contributed by atoms with van der Waals surface area (Å²) < 4.78 is 65.0. The zero-order chi connectivity index (χ0) is 30.1. The van der Waals surface area contributed by atoms with Crippen LogP contribution >= 0.6 is 12.4 Å². The summed E-state index contributed by atoms with van der Waals surface area (Å²) in [6, 6.07) is 12.7. The molecule has 5 rings (SSSR count). The average Bonchev–Trinajstić information content (AvgIpc) is 3.37. The molecule has 3 aromatic rings. The number of aliphatic hydroxyl groups excluding tert-OH is 1. The molecule has 2 aromatic carbocycles. The minimum atomic E-state index is -4.00. The van der Waals surface area contributed by atoms with E-state index in [2.05, 4.69) is 5.32 Å². The first-order valence-electron chi connectivity index (χ1n) is 13.9. The number of nitrogens with two attached hydrogens (primary N) is 1. The van der Waals surface area contributed by atoms with E-state index >= 15 is 0 Å². The van der Waals surface area contributed by atoms with Gasteiger partial charge in [-0.2, -0.15) is 4.31 Å². The average molecular weight is 657 g/mol. The summed E-state index contributed by atoms with van der Waals surface area (Å²) in [5, 5.41) is 19.2. The molecule has 2 saturated heterocycles. The van der Waals surface area contributed by atoms with Gasteiger partial charge in [0, 0.05) is 49.9 Å². The maximum Gasteiger partial charge on any atom is 0.248 e. The van der Waals surface area contributed by atoms with Crippen LogP contribution in [0.5, 0.6) is 5.75 Å². The van der Waals surface area contributed by atoms with Crippen LogP contribution in [0.15, 0.2) is 69.3 Å². The van der Waals surface area contributed by atoms with E-state index in [1.807, 2.05) is 19.1 Å². The van der Waals surface area contributed by atoms with Gasteiger partial charge in [-0.25, -0.2) is 22.0 Å². The Morgan fingerprint density at radius 1 is 1.14 bits per heavy atom. The Balaban J connectivity index is 0.00000423. The molecule has 3 heterocycles. The summed E-state index contributed by atoms with van der Waals surface area (Å²) in [7, 11) is -7.85. The van der Waals surface area contributed by atoms with Crippen LogP contribution in [-0.4, -0.2) is 81.4 Å². The highest BCUT2D eigenvalue weighted by molar-refractivity contribution is 7.89. The van der Waals surface area contributed by atoms with E-state index in [4.69, 9.17) is 14.6 Å². The number of aliphatic hydroxyl groups is 1. The fraction of sp³-hybridized carbons (Fsp3) is 0.464. The zero-order valence-corrected chi connectivity index (χ0v) is 26.2. The number of piperidine rings is 1. The van der Waals surface area contributed by atoms with Crippen LogP contribution in [0, 0.1) is 0 Å². The number of aryl methyl sites for hydroxylation is 1. The van der Waals surface area contributed by atoms with Crippen LogP contribution in [-0.2, 0) is 31.3 Å². The van der Waals surface area contributed by atoms with Gasteiger partial charge in [-0.3, -0.25) is 4.79 Å². The molecule has 43 heavy (non-hydrogen) atoms. The zero-order valence-electron chi connectivity index (χ0n) is 23.7. The maximum atomic E-state index is 13.6. The minimum Gasteiger partial charge on any atom is -0.491 e. The van der Waals surface area contributed by atoms with Gasteiger partial charge < -0.3 is 24.5 Å². The third kappa shape index (κ3) is 7.23. The van der Waals surface area contributed by atoms with Gasteiger partial charge in [0.25, 0.3) is 0 Å². The number of benzene rings is 2. The number of nitrogens with zero attached hydrogens (tertiary/aromatic N) is 2. The summed E-state index contributed by atoms with van der Waals surface area (Å²) in [5.74, 6) is 0.280. The second-order valence-electron chi connectivity index (χ2n) is 10.8. The first kappa shape index (κ1) is 33.3. The molecule has 0 radical (unpaired) electrons. The predicted molar refractivity (Wildman–Crippen MR) is 164 cm³/mol. The van der Waals surface area contributed by atoms with Crippen molar-refractivity contribution in [2.24, 2.45) is 5.14 Å². The molecule has 0 bridgehead atoms. The lowest BCUT2D eigenvalue weighted by Gasteiger charge is -2.38. The summed E-state index contributed by atoms with van der Waals surface area (Å²) in [6.45, 7) is 3.50. The number of rotatable bonds is 10. The van der Waals surface area contributed by atoms with Crippen molar-refractivity contribution in [1.82, 2.24) is 14.2 Å². The number of nitrogens with one attached hydrogen (secondary N) is 1. The lowest BCUT2D eigenvalue weighted by atomic mass is 9.88. The smallest absolute Gasteiger partial charge is 0.248 e. The van der Waals surface area contributed by atoms with Gasteiger partial charge in [-0.05, 0) is 50.5 Å². The van der Waals surface area contributed by atoms with E-state index < -0.39 is 37.2 Å². The molecule has 15 heteroatoms. The lowest BCUT2D eigenvalue weighted by Crippen LogP contribution is -2.47. The topological polar surface area (TPSA) is 170 Å². The monoisotopic (exact) mass is 656 g/mol. The molecule has 2 fully saturated rings. The second kappa shape index (κ2) is 13.2. The SMILES string of the molecule is CCn1cc(S(=O)(=O)N2CCC3(CC2)CC(NCC(O)COc2cccc(S(N)(=O)=O)c2)CO3)c(=O)c2ccccc21.Cl. The molecule has 2 aliphatic rings. The molecule has 0 saturated carbocycles.